The molecule has 1 N–H and O–H groups in total. The summed E-state index contributed by atoms with van der Waals surface area (Å²) in [7, 11) is 0. The molecule has 4 heteroatoms. The quantitative estimate of drug-likeness (QED) is 0.840. The third-order valence-electron chi connectivity index (χ3n) is 4.18. The van der Waals surface area contributed by atoms with Crippen LogP contribution in [-0.2, 0) is 9.59 Å². The number of nitrogens with zero attached hydrogens (tertiary/aromatic N) is 1. The van der Waals surface area contributed by atoms with Crippen molar-refractivity contribution in [2.45, 2.75) is 71.4 Å². The standard InChI is InChI=1S/C14H25NO3/c1-5-12-8-6-7-9-14(12,13(17)18)15(10(2)3)11(4)16/h10,12H,5-9H2,1-4H3,(H,17,18). The molecule has 1 fully saturated rings. The van der Waals surface area contributed by atoms with E-state index in [-0.39, 0.29) is 17.9 Å². The van der Waals surface area contributed by atoms with Gasteiger partial charge in [-0.2, -0.15) is 0 Å². The van der Waals surface area contributed by atoms with Crippen LogP contribution in [0.25, 0.3) is 0 Å². The van der Waals surface area contributed by atoms with Gasteiger partial charge in [-0.15, -0.1) is 0 Å². The van der Waals surface area contributed by atoms with Crippen molar-refractivity contribution in [3.05, 3.63) is 0 Å². The summed E-state index contributed by atoms with van der Waals surface area (Å²) in [6, 6.07) is -0.0780. The molecule has 0 aliphatic heterocycles. The summed E-state index contributed by atoms with van der Waals surface area (Å²) in [5.41, 5.74) is -0.993. The van der Waals surface area contributed by atoms with Crippen LogP contribution in [0.4, 0.5) is 0 Å². The summed E-state index contributed by atoms with van der Waals surface area (Å²) in [6.07, 6.45) is 4.25. The van der Waals surface area contributed by atoms with Crippen LogP contribution < -0.4 is 0 Å². The molecule has 2 atom stereocenters. The summed E-state index contributed by atoms with van der Waals surface area (Å²) in [4.78, 5) is 25.4. The Kier molecular flexibility index (Phi) is 4.77. The van der Waals surface area contributed by atoms with Gasteiger partial charge in [0.05, 0.1) is 0 Å². The third kappa shape index (κ3) is 2.38. The van der Waals surface area contributed by atoms with Crippen LogP contribution in [0.3, 0.4) is 0 Å². The molecule has 1 aliphatic rings. The molecule has 18 heavy (non-hydrogen) atoms. The fraction of sp³-hybridized carbons (Fsp3) is 0.857. The lowest BCUT2D eigenvalue weighted by molar-refractivity contribution is -0.169. The summed E-state index contributed by atoms with van der Waals surface area (Å²) in [5.74, 6) is -0.902. The molecular weight excluding hydrogens is 230 g/mol. The molecule has 2 unspecified atom stereocenters. The summed E-state index contributed by atoms with van der Waals surface area (Å²) in [5, 5.41) is 9.76. The number of rotatable bonds is 4. The Bertz CT molecular complexity index is 327. The lowest BCUT2D eigenvalue weighted by atomic mass is 9.69. The molecular formula is C14H25NO3. The number of amides is 1. The van der Waals surface area contributed by atoms with Crippen LogP contribution in [0.5, 0.6) is 0 Å². The van der Waals surface area contributed by atoms with Gasteiger partial charge in [-0.25, -0.2) is 4.79 Å². The number of aliphatic carboxylic acids is 1. The highest BCUT2D eigenvalue weighted by molar-refractivity contribution is 5.86. The van der Waals surface area contributed by atoms with Crippen molar-refractivity contribution in [3.8, 4) is 0 Å². The first-order valence-corrected chi connectivity index (χ1v) is 6.91. The van der Waals surface area contributed by atoms with Crippen LogP contribution in [0.2, 0.25) is 0 Å². The van der Waals surface area contributed by atoms with E-state index >= 15 is 0 Å². The largest absolute Gasteiger partial charge is 0.479 e. The molecule has 1 rings (SSSR count). The Morgan fingerprint density at radius 2 is 2.00 bits per heavy atom. The van der Waals surface area contributed by atoms with Gasteiger partial charge in [-0.1, -0.05) is 26.2 Å². The predicted octanol–water partition coefficient (Wildman–Crippen LogP) is 2.67. The van der Waals surface area contributed by atoms with E-state index in [4.69, 9.17) is 0 Å². The summed E-state index contributed by atoms with van der Waals surface area (Å²) >= 11 is 0. The van der Waals surface area contributed by atoms with Gasteiger partial charge in [-0.05, 0) is 32.6 Å². The van der Waals surface area contributed by atoms with Crippen molar-refractivity contribution in [1.82, 2.24) is 4.90 Å². The van der Waals surface area contributed by atoms with Crippen molar-refractivity contribution in [2.75, 3.05) is 0 Å². The first-order valence-electron chi connectivity index (χ1n) is 6.91. The van der Waals surface area contributed by atoms with E-state index in [9.17, 15) is 14.7 Å². The zero-order valence-corrected chi connectivity index (χ0v) is 11.9. The number of hydrogen-bond acceptors (Lipinski definition) is 2. The molecule has 0 radical (unpaired) electrons. The Balaban J connectivity index is 3.26. The second-order valence-electron chi connectivity index (χ2n) is 5.56. The van der Waals surface area contributed by atoms with Gasteiger partial charge in [0.15, 0.2) is 0 Å². The van der Waals surface area contributed by atoms with Crippen LogP contribution in [0, 0.1) is 5.92 Å². The second-order valence-corrected chi connectivity index (χ2v) is 5.56. The van der Waals surface area contributed by atoms with Crippen LogP contribution >= 0.6 is 0 Å². The number of hydrogen-bond donors (Lipinski definition) is 1. The molecule has 0 bridgehead atoms. The highest BCUT2D eigenvalue weighted by atomic mass is 16.4. The molecule has 0 aromatic carbocycles. The Morgan fingerprint density at radius 1 is 1.39 bits per heavy atom. The highest BCUT2D eigenvalue weighted by Crippen LogP contribution is 2.41. The number of carbonyl (C=O) groups is 2. The summed E-state index contributed by atoms with van der Waals surface area (Å²) in [6.45, 7) is 7.29. The van der Waals surface area contributed by atoms with E-state index < -0.39 is 11.5 Å². The average molecular weight is 255 g/mol. The van der Waals surface area contributed by atoms with Gasteiger partial charge in [0.1, 0.15) is 5.54 Å². The minimum atomic E-state index is -0.993. The number of carbonyl (C=O) groups excluding carboxylic acids is 1. The maximum absolute atomic E-state index is 11.9. The van der Waals surface area contributed by atoms with E-state index in [1.165, 1.54) is 6.92 Å². The normalized spacial score (nSPS) is 28.2. The maximum atomic E-state index is 11.9. The molecule has 0 heterocycles. The minimum absolute atomic E-state index is 0.0649. The fourth-order valence-corrected chi connectivity index (χ4v) is 3.58. The molecule has 0 aromatic rings. The molecule has 0 aromatic heterocycles. The van der Waals surface area contributed by atoms with E-state index in [1.54, 1.807) is 4.90 Å². The SMILES string of the molecule is CCC1CCCCC1(C(=O)O)N(C(C)=O)C(C)C. The van der Waals surface area contributed by atoms with Gasteiger partial charge in [0.2, 0.25) is 5.91 Å². The van der Waals surface area contributed by atoms with E-state index in [2.05, 4.69) is 0 Å². The lowest BCUT2D eigenvalue weighted by Crippen LogP contribution is -2.64. The van der Waals surface area contributed by atoms with Crippen molar-refractivity contribution >= 4 is 11.9 Å². The van der Waals surface area contributed by atoms with E-state index in [0.29, 0.717) is 6.42 Å². The number of carboxylic acids is 1. The molecule has 1 amide bonds. The number of carboxylic acid groups (broad SMARTS) is 1. The first kappa shape index (κ1) is 15.0. The Hall–Kier alpha value is -1.06. The monoisotopic (exact) mass is 255 g/mol. The lowest BCUT2D eigenvalue weighted by Gasteiger charge is -2.49. The second kappa shape index (κ2) is 5.72. The molecule has 104 valence electrons. The van der Waals surface area contributed by atoms with E-state index in [1.807, 2.05) is 20.8 Å². The Labute approximate surface area is 109 Å². The first-order chi connectivity index (χ1) is 8.37. The Morgan fingerprint density at radius 3 is 2.39 bits per heavy atom. The van der Waals surface area contributed by atoms with E-state index in [0.717, 1.165) is 25.7 Å². The molecule has 4 nitrogen and oxygen atoms in total. The molecule has 0 spiro atoms. The van der Waals surface area contributed by atoms with Crippen molar-refractivity contribution in [3.63, 3.8) is 0 Å². The topological polar surface area (TPSA) is 57.6 Å². The van der Waals surface area contributed by atoms with Crippen molar-refractivity contribution in [1.29, 1.82) is 0 Å². The van der Waals surface area contributed by atoms with Crippen LogP contribution in [-0.4, -0.2) is 33.5 Å². The van der Waals surface area contributed by atoms with Gasteiger partial charge in [-0.3, -0.25) is 4.79 Å². The maximum Gasteiger partial charge on any atom is 0.329 e. The molecule has 0 saturated heterocycles. The van der Waals surface area contributed by atoms with Crippen molar-refractivity contribution in [2.24, 2.45) is 5.92 Å². The predicted molar refractivity (Wildman–Crippen MR) is 70.3 cm³/mol. The van der Waals surface area contributed by atoms with Gasteiger partial charge in [0, 0.05) is 13.0 Å². The van der Waals surface area contributed by atoms with Gasteiger partial charge in [0.25, 0.3) is 0 Å². The summed E-state index contributed by atoms with van der Waals surface area (Å²) < 4.78 is 0. The highest BCUT2D eigenvalue weighted by Gasteiger charge is 2.52. The zero-order valence-electron chi connectivity index (χ0n) is 11.9. The van der Waals surface area contributed by atoms with Gasteiger partial charge < -0.3 is 10.0 Å². The molecule has 1 aliphatic carbocycles. The van der Waals surface area contributed by atoms with Gasteiger partial charge >= 0.3 is 5.97 Å². The fourth-order valence-electron chi connectivity index (χ4n) is 3.58. The molecule has 1 saturated carbocycles. The third-order valence-corrected chi connectivity index (χ3v) is 4.18. The zero-order chi connectivity index (χ0) is 13.9. The smallest absolute Gasteiger partial charge is 0.329 e. The van der Waals surface area contributed by atoms with Crippen molar-refractivity contribution < 1.29 is 14.7 Å². The minimum Gasteiger partial charge on any atom is -0.479 e. The average Bonchev–Trinajstić information content (AvgIpc) is 2.28. The van der Waals surface area contributed by atoms with Crippen LogP contribution in [0.15, 0.2) is 0 Å². The van der Waals surface area contributed by atoms with Crippen LogP contribution in [0.1, 0.15) is 59.8 Å².